The number of phenols is 1. The van der Waals surface area contributed by atoms with Crippen LogP contribution in [-0.4, -0.2) is 26.8 Å². The monoisotopic (exact) mass is 360 g/mol. The highest BCUT2D eigenvalue weighted by Gasteiger charge is 2.29. The number of aromatic amines is 1. The highest BCUT2D eigenvalue weighted by Crippen LogP contribution is 2.27. The number of amidine groups is 1. The van der Waals surface area contributed by atoms with Gasteiger partial charge in [-0.1, -0.05) is 12.1 Å². The molecule has 27 heavy (non-hydrogen) atoms. The molecule has 0 radical (unpaired) electrons. The van der Waals surface area contributed by atoms with E-state index in [9.17, 15) is 14.7 Å². The van der Waals surface area contributed by atoms with Crippen molar-refractivity contribution in [2.75, 3.05) is 4.90 Å². The number of carbonyl (C=O) groups excluding carboxylic acids is 1. The highest BCUT2D eigenvalue weighted by molar-refractivity contribution is 6.28. The van der Waals surface area contributed by atoms with Crippen LogP contribution >= 0.6 is 0 Å². The number of phenolic OH excluding ortho intramolecular Hbond substituents is 1. The van der Waals surface area contributed by atoms with Gasteiger partial charge in [0.15, 0.2) is 0 Å². The summed E-state index contributed by atoms with van der Waals surface area (Å²) in [6.45, 7) is 3.45. The van der Waals surface area contributed by atoms with E-state index < -0.39 is 0 Å². The maximum absolute atomic E-state index is 12.9. The normalized spacial score (nSPS) is 15.6. The molecule has 0 fully saturated rings. The van der Waals surface area contributed by atoms with E-state index in [-0.39, 0.29) is 22.9 Å². The average Bonchev–Trinajstić information content (AvgIpc) is 2.90. The van der Waals surface area contributed by atoms with Crippen LogP contribution < -0.4 is 10.5 Å². The molecule has 7 nitrogen and oxygen atoms in total. The van der Waals surface area contributed by atoms with Crippen LogP contribution in [0.15, 0.2) is 57.9 Å². The number of hydrogen-bond acceptors (Lipinski definition) is 5. The van der Waals surface area contributed by atoms with E-state index in [1.165, 1.54) is 4.90 Å². The Bertz CT molecular complexity index is 1190. The lowest BCUT2D eigenvalue weighted by atomic mass is 10.1. The fraction of sp³-hybridized carbons (Fsp3) is 0.100. The molecular weight excluding hydrogens is 344 g/mol. The lowest BCUT2D eigenvalue weighted by Crippen LogP contribution is -2.30. The van der Waals surface area contributed by atoms with Crippen molar-refractivity contribution in [3.8, 4) is 5.75 Å². The number of aromatic hydroxyl groups is 1. The van der Waals surface area contributed by atoms with Gasteiger partial charge in [0.25, 0.3) is 11.5 Å². The summed E-state index contributed by atoms with van der Waals surface area (Å²) in [6, 6.07) is 11.6. The number of nitrogens with one attached hydrogen (secondary N) is 1. The standard InChI is InChI=1S/C20H16N4O3/c1-11-21-17-8-5-14(10-16(17)19(26)22-11)24-12(2)23-18(20(24)27)9-13-3-6-15(25)7-4-13/h3-10,25H,1-2H3,(H,21,22,26)/b18-9+. The minimum Gasteiger partial charge on any atom is -0.508 e. The number of nitrogens with zero attached hydrogens (tertiary/aromatic N) is 3. The number of anilines is 1. The first kappa shape index (κ1) is 16.7. The number of amides is 1. The molecule has 0 saturated carbocycles. The maximum atomic E-state index is 12.9. The lowest BCUT2D eigenvalue weighted by molar-refractivity contribution is -0.113. The highest BCUT2D eigenvalue weighted by atomic mass is 16.3. The van der Waals surface area contributed by atoms with E-state index >= 15 is 0 Å². The largest absolute Gasteiger partial charge is 0.508 e. The second kappa shape index (κ2) is 6.21. The Balaban J connectivity index is 1.74. The summed E-state index contributed by atoms with van der Waals surface area (Å²) in [5, 5.41) is 9.78. The van der Waals surface area contributed by atoms with Gasteiger partial charge in [-0.3, -0.25) is 14.5 Å². The molecule has 0 unspecified atom stereocenters. The molecule has 2 heterocycles. The number of aryl methyl sites for hydroxylation is 1. The number of aliphatic imine (C=N–C) groups is 1. The third kappa shape index (κ3) is 2.99. The molecule has 1 amide bonds. The zero-order chi connectivity index (χ0) is 19.1. The Morgan fingerprint density at radius 3 is 2.56 bits per heavy atom. The molecule has 0 atom stereocenters. The summed E-state index contributed by atoms with van der Waals surface area (Å²) >= 11 is 0. The predicted molar refractivity (Wildman–Crippen MR) is 104 cm³/mol. The van der Waals surface area contributed by atoms with Crippen LogP contribution in [0.5, 0.6) is 5.75 Å². The summed E-state index contributed by atoms with van der Waals surface area (Å²) in [5.41, 5.74) is 1.92. The van der Waals surface area contributed by atoms with Crippen molar-refractivity contribution in [2.45, 2.75) is 13.8 Å². The first-order valence-electron chi connectivity index (χ1n) is 8.33. The Labute approximate surface area is 154 Å². The van der Waals surface area contributed by atoms with E-state index in [0.29, 0.717) is 28.3 Å². The van der Waals surface area contributed by atoms with Gasteiger partial charge in [0.1, 0.15) is 23.1 Å². The van der Waals surface area contributed by atoms with Gasteiger partial charge in [-0.2, -0.15) is 0 Å². The zero-order valence-electron chi connectivity index (χ0n) is 14.7. The van der Waals surface area contributed by atoms with Crippen LogP contribution in [0.2, 0.25) is 0 Å². The summed E-state index contributed by atoms with van der Waals surface area (Å²) in [6.07, 6.45) is 1.66. The Morgan fingerprint density at radius 2 is 1.81 bits per heavy atom. The van der Waals surface area contributed by atoms with Gasteiger partial charge in [0, 0.05) is 0 Å². The van der Waals surface area contributed by atoms with Gasteiger partial charge in [-0.25, -0.2) is 9.98 Å². The van der Waals surface area contributed by atoms with Gasteiger partial charge in [0.2, 0.25) is 0 Å². The first-order chi connectivity index (χ1) is 12.9. The number of H-pyrrole nitrogens is 1. The van der Waals surface area contributed by atoms with Crippen LogP contribution in [0.4, 0.5) is 5.69 Å². The molecule has 2 N–H and O–H groups in total. The van der Waals surface area contributed by atoms with E-state index in [1.54, 1.807) is 62.4 Å². The van der Waals surface area contributed by atoms with Crippen molar-refractivity contribution in [3.63, 3.8) is 0 Å². The Morgan fingerprint density at radius 1 is 1.07 bits per heavy atom. The first-order valence-corrected chi connectivity index (χ1v) is 8.33. The van der Waals surface area contributed by atoms with E-state index in [0.717, 1.165) is 5.56 Å². The SMILES string of the molecule is CC1=N/C(=C/c2ccc(O)cc2)C(=O)N1c1ccc2nc(C)[nH]c(=O)c2c1. The molecule has 1 aliphatic rings. The predicted octanol–water partition coefficient (Wildman–Crippen LogP) is 2.74. The molecule has 0 aliphatic carbocycles. The van der Waals surface area contributed by atoms with Crippen LogP contribution in [0, 0.1) is 6.92 Å². The number of carbonyl (C=O) groups is 1. The molecule has 0 bridgehead atoms. The van der Waals surface area contributed by atoms with Crippen molar-refractivity contribution in [3.05, 3.63) is 69.9 Å². The molecule has 4 rings (SSSR count). The van der Waals surface area contributed by atoms with Crippen LogP contribution in [0.25, 0.3) is 17.0 Å². The van der Waals surface area contributed by atoms with E-state index in [2.05, 4.69) is 15.0 Å². The van der Waals surface area contributed by atoms with Crippen LogP contribution in [0.3, 0.4) is 0 Å². The van der Waals surface area contributed by atoms with Crippen LogP contribution in [-0.2, 0) is 4.79 Å². The van der Waals surface area contributed by atoms with Gasteiger partial charge in [0.05, 0.1) is 16.6 Å². The van der Waals surface area contributed by atoms with E-state index in [1.807, 2.05) is 0 Å². The fourth-order valence-corrected chi connectivity index (χ4v) is 3.04. The molecule has 1 aliphatic heterocycles. The molecule has 1 aromatic heterocycles. The number of rotatable bonds is 2. The van der Waals surface area contributed by atoms with Crippen LogP contribution in [0.1, 0.15) is 18.3 Å². The van der Waals surface area contributed by atoms with Crippen molar-refractivity contribution < 1.29 is 9.90 Å². The molecular formula is C20H16N4O3. The van der Waals surface area contributed by atoms with Crippen molar-refractivity contribution in [2.24, 2.45) is 4.99 Å². The number of fused-ring (bicyclic) bond motifs is 1. The van der Waals surface area contributed by atoms with Gasteiger partial charge in [-0.15, -0.1) is 0 Å². The summed E-state index contributed by atoms with van der Waals surface area (Å²) < 4.78 is 0. The number of aromatic nitrogens is 2. The molecule has 134 valence electrons. The molecule has 2 aromatic carbocycles. The second-order valence-electron chi connectivity index (χ2n) is 6.27. The third-order valence-electron chi connectivity index (χ3n) is 4.29. The smallest absolute Gasteiger partial charge is 0.282 e. The van der Waals surface area contributed by atoms with Crippen molar-refractivity contribution in [1.82, 2.24) is 9.97 Å². The zero-order valence-corrected chi connectivity index (χ0v) is 14.7. The van der Waals surface area contributed by atoms with E-state index in [4.69, 9.17) is 0 Å². The minimum absolute atomic E-state index is 0.154. The third-order valence-corrected chi connectivity index (χ3v) is 4.29. The second-order valence-corrected chi connectivity index (χ2v) is 6.27. The maximum Gasteiger partial charge on any atom is 0.282 e. The Hall–Kier alpha value is -3.74. The number of hydrogen-bond donors (Lipinski definition) is 2. The van der Waals surface area contributed by atoms with Gasteiger partial charge >= 0.3 is 0 Å². The molecule has 0 spiro atoms. The van der Waals surface area contributed by atoms with Gasteiger partial charge < -0.3 is 10.1 Å². The molecule has 7 heteroatoms. The number of benzene rings is 2. The molecule has 3 aromatic rings. The minimum atomic E-state index is -0.281. The van der Waals surface area contributed by atoms with Crippen molar-refractivity contribution in [1.29, 1.82) is 0 Å². The summed E-state index contributed by atoms with van der Waals surface area (Å²) in [7, 11) is 0. The Kier molecular flexibility index (Phi) is 3.84. The summed E-state index contributed by atoms with van der Waals surface area (Å²) in [4.78, 5) is 37.8. The molecule has 0 saturated heterocycles. The quantitative estimate of drug-likeness (QED) is 0.687. The topological polar surface area (TPSA) is 98.7 Å². The lowest BCUT2D eigenvalue weighted by Gasteiger charge is -2.16. The van der Waals surface area contributed by atoms with Crippen molar-refractivity contribution >= 4 is 34.4 Å². The van der Waals surface area contributed by atoms with Gasteiger partial charge in [-0.05, 0) is 55.8 Å². The average molecular weight is 360 g/mol. The fourth-order valence-electron chi connectivity index (χ4n) is 3.04. The summed E-state index contributed by atoms with van der Waals surface area (Å²) in [5.74, 6) is 0.924.